The Morgan fingerprint density at radius 1 is 0.968 bits per heavy atom. The molecule has 0 bridgehead atoms. The topological polar surface area (TPSA) is 74.8 Å². The lowest BCUT2D eigenvalue weighted by Gasteiger charge is -2.31. The highest BCUT2D eigenvalue weighted by atomic mass is 35.5. The van der Waals surface area contributed by atoms with Crippen LogP contribution >= 0.6 is 22.9 Å². The molecule has 158 valence electrons. The van der Waals surface area contributed by atoms with Crippen LogP contribution in [-0.2, 0) is 27.7 Å². The maximum Gasteiger partial charge on any atom is 0.266 e. The van der Waals surface area contributed by atoms with E-state index in [1.807, 2.05) is 18.2 Å². The Morgan fingerprint density at radius 3 is 2.61 bits per heavy atom. The van der Waals surface area contributed by atoms with Crippen molar-refractivity contribution >= 4 is 56.2 Å². The number of rotatable bonds is 3. The number of amides is 2. The second kappa shape index (κ2) is 7.47. The number of carbonyl (C=O) groups is 2. The van der Waals surface area contributed by atoms with Crippen molar-refractivity contribution in [3.8, 4) is 0 Å². The molecular formula is C22H17ClN2O4S2. The van der Waals surface area contributed by atoms with E-state index in [9.17, 15) is 18.0 Å². The minimum Gasteiger partial charge on any atom is -0.274 e. The number of hydrogen-bond acceptors (Lipinski definition) is 5. The molecule has 0 N–H and O–H groups in total. The van der Waals surface area contributed by atoms with Crippen LogP contribution in [0.15, 0.2) is 58.1 Å². The van der Waals surface area contributed by atoms with Crippen molar-refractivity contribution in [2.45, 2.75) is 24.2 Å². The number of sulfonamides is 1. The fourth-order valence-corrected chi connectivity index (χ4v) is 6.66. The average molecular weight is 473 g/mol. The molecule has 3 aromatic rings. The maximum absolute atomic E-state index is 13.5. The van der Waals surface area contributed by atoms with Gasteiger partial charge >= 0.3 is 0 Å². The van der Waals surface area contributed by atoms with E-state index in [0.29, 0.717) is 29.8 Å². The summed E-state index contributed by atoms with van der Waals surface area (Å²) >= 11 is 7.67. The fourth-order valence-electron chi connectivity index (χ4n) is 4.07. The van der Waals surface area contributed by atoms with Gasteiger partial charge in [0.05, 0.1) is 33.3 Å². The molecule has 0 spiro atoms. The number of imide groups is 1. The van der Waals surface area contributed by atoms with Gasteiger partial charge < -0.3 is 0 Å². The summed E-state index contributed by atoms with van der Waals surface area (Å²) in [5.74, 6) is -0.928. The van der Waals surface area contributed by atoms with Crippen molar-refractivity contribution < 1.29 is 18.0 Å². The molecule has 0 saturated heterocycles. The van der Waals surface area contributed by atoms with E-state index < -0.39 is 21.8 Å². The second-order valence-corrected chi connectivity index (χ2v) is 10.5. The normalized spacial score (nSPS) is 16.3. The minimum atomic E-state index is -3.91. The van der Waals surface area contributed by atoms with Crippen LogP contribution in [0.2, 0.25) is 5.02 Å². The molecule has 6 nitrogen and oxygen atoms in total. The summed E-state index contributed by atoms with van der Waals surface area (Å²) in [4.78, 5) is 26.7. The van der Waals surface area contributed by atoms with Crippen molar-refractivity contribution in [3.05, 3.63) is 74.9 Å². The summed E-state index contributed by atoms with van der Waals surface area (Å²) in [5.41, 5.74) is 2.83. The van der Waals surface area contributed by atoms with Crippen LogP contribution in [0.1, 0.15) is 27.9 Å². The zero-order valence-electron chi connectivity index (χ0n) is 16.2. The minimum absolute atomic E-state index is 0.0136. The molecule has 5 rings (SSSR count). The quantitative estimate of drug-likeness (QED) is 0.533. The molecule has 0 radical (unpaired) electrons. The van der Waals surface area contributed by atoms with Crippen LogP contribution in [0, 0.1) is 0 Å². The van der Waals surface area contributed by atoms with E-state index in [1.54, 1.807) is 16.8 Å². The van der Waals surface area contributed by atoms with Crippen LogP contribution < -0.4 is 9.21 Å². The van der Waals surface area contributed by atoms with E-state index >= 15 is 0 Å². The van der Waals surface area contributed by atoms with Crippen molar-refractivity contribution in [3.63, 3.8) is 0 Å². The Kier molecular flexibility index (Phi) is 4.88. The third-order valence-corrected chi connectivity index (χ3v) is 8.50. The molecule has 31 heavy (non-hydrogen) atoms. The molecule has 2 aliphatic heterocycles. The third-order valence-electron chi connectivity index (χ3n) is 5.58. The summed E-state index contributed by atoms with van der Waals surface area (Å²) in [6.07, 6.45) is 1.59. The highest BCUT2D eigenvalue weighted by Gasteiger charge is 2.35. The Labute approximate surface area is 188 Å². The van der Waals surface area contributed by atoms with Crippen molar-refractivity contribution in [2.24, 2.45) is 0 Å². The van der Waals surface area contributed by atoms with Gasteiger partial charge in [-0.2, -0.15) is 11.3 Å². The first-order valence-corrected chi connectivity index (χ1v) is 12.5. The molecule has 9 heteroatoms. The van der Waals surface area contributed by atoms with Crippen LogP contribution in [0.4, 0.5) is 11.4 Å². The predicted molar refractivity (Wildman–Crippen MR) is 121 cm³/mol. The van der Waals surface area contributed by atoms with Crippen molar-refractivity contribution in [1.82, 2.24) is 0 Å². The first-order valence-electron chi connectivity index (χ1n) is 9.70. The monoisotopic (exact) mass is 472 g/mol. The molecule has 1 aromatic heterocycles. The van der Waals surface area contributed by atoms with Gasteiger partial charge in [0.25, 0.3) is 15.9 Å². The number of para-hydroxylation sites is 1. The number of carbonyl (C=O) groups excluding carboxylic acids is 2. The smallest absolute Gasteiger partial charge is 0.266 e. The Hall–Kier alpha value is -2.68. The first kappa shape index (κ1) is 20.2. The predicted octanol–water partition coefficient (Wildman–Crippen LogP) is 4.27. The molecule has 0 fully saturated rings. The van der Waals surface area contributed by atoms with Crippen LogP contribution in [0.5, 0.6) is 0 Å². The largest absolute Gasteiger partial charge is 0.274 e. The van der Waals surface area contributed by atoms with Gasteiger partial charge in [-0.05, 0) is 53.6 Å². The summed E-state index contributed by atoms with van der Waals surface area (Å²) in [6.45, 7) is 0.358. The van der Waals surface area contributed by atoms with E-state index in [-0.39, 0.29) is 22.0 Å². The van der Waals surface area contributed by atoms with Gasteiger partial charge in [0, 0.05) is 11.9 Å². The van der Waals surface area contributed by atoms with Crippen molar-refractivity contribution in [2.75, 3.05) is 15.7 Å². The summed E-state index contributed by atoms with van der Waals surface area (Å²) in [7, 11) is -3.91. The van der Waals surface area contributed by atoms with Crippen LogP contribution in [0.25, 0.3) is 0 Å². The number of fused-ring (bicyclic) bond motifs is 2. The first-order chi connectivity index (χ1) is 14.9. The van der Waals surface area contributed by atoms with Gasteiger partial charge in [-0.25, -0.2) is 13.3 Å². The van der Waals surface area contributed by atoms with Gasteiger partial charge in [0.2, 0.25) is 5.91 Å². The van der Waals surface area contributed by atoms with E-state index in [2.05, 4.69) is 0 Å². The Balaban J connectivity index is 1.59. The average Bonchev–Trinajstić information content (AvgIpc) is 3.23. The molecule has 3 heterocycles. The number of halogens is 1. The number of thiophene rings is 1. The highest BCUT2D eigenvalue weighted by Crippen LogP contribution is 2.37. The lowest BCUT2D eigenvalue weighted by molar-refractivity contribution is -0.117. The Morgan fingerprint density at radius 2 is 1.77 bits per heavy atom. The van der Waals surface area contributed by atoms with E-state index in [0.717, 1.165) is 16.9 Å². The van der Waals surface area contributed by atoms with Gasteiger partial charge in [-0.15, -0.1) is 0 Å². The van der Waals surface area contributed by atoms with Gasteiger partial charge in [-0.1, -0.05) is 29.8 Å². The van der Waals surface area contributed by atoms with E-state index in [1.165, 1.54) is 33.8 Å². The molecule has 0 saturated carbocycles. The van der Waals surface area contributed by atoms with Gasteiger partial charge in [-0.3, -0.25) is 13.9 Å². The number of anilines is 2. The fraction of sp³-hybridized carbons (Fsp3) is 0.182. The Bertz CT molecular complexity index is 1330. The molecule has 0 atom stereocenters. The highest BCUT2D eigenvalue weighted by molar-refractivity contribution is 7.92. The van der Waals surface area contributed by atoms with Crippen LogP contribution in [-0.4, -0.2) is 26.8 Å². The maximum atomic E-state index is 13.5. The number of aryl methyl sites for hydroxylation is 1. The molecule has 2 aromatic carbocycles. The summed E-state index contributed by atoms with van der Waals surface area (Å²) < 4.78 is 28.4. The number of hydrogen-bond donors (Lipinski definition) is 0. The molecule has 0 unspecified atom stereocenters. The van der Waals surface area contributed by atoms with Gasteiger partial charge in [0.15, 0.2) is 0 Å². The zero-order chi connectivity index (χ0) is 21.8. The van der Waals surface area contributed by atoms with E-state index in [4.69, 9.17) is 11.6 Å². The summed E-state index contributed by atoms with van der Waals surface area (Å²) in [5, 5.41) is 3.60. The molecule has 2 amide bonds. The molecule has 0 aliphatic carbocycles. The second-order valence-electron chi connectivity index (χ2n) is 7.44. The number of nitrogens with zero attached hydrogens (tertiary/aromatic N) is 2. The summed E-state index contributed by atoms with van der Waals surface area (Å²) in [6, 6.07) is 11.6. The zero-order valence-corrected chi connectivity index (χ0v) is 18.6. The lowest BCUT2D eigenvalue weighted by Crippen LogP contribution is -2.42. The van der Waals surface area contributed by atoms with Gasteiger partial charge in [0.1, 0.15) is 0 Å². The molecule has 2 aliphatic rings. The van der Waals surface area contributed by atoms with Crippen molar-refractivity contribution in [1.29, 1.82) is 0 Å². The SMILES string of the molecule is O=C1Cc2cscc2C(=O)N1c1cc(S(=O)(=O)N2CCCc3ccccc32)ccc1Cl. The third kappa shape index (κ3) is 3.26. The number of benzene rings is 2. The lowest BCUT2D eigenvalue weighted by atomic mass is 10.0. The standard InChI is InChI=1S/C22H17ClN2O4S2/c23-18-8-7-16(31(28,29)24-9-3-5-14-4-1-2-6-19(14)24)11-20(18)25-21(26)10-15-12-30-13-17(15)22(25)27/h1-2,4,6-8,11-13H,3,5,9-10H2. The molecular weight excluding hydrogens is 456 g/mol. The van der Waals surface area contributed by atoms with Crippen LogP contribution in [0.3, 0.4) is 0 Å².